The fourth-order valence-corrected chi connectivity index (χ4v) is 5.99. The number of carbonyl (C=O) groups excluding carboxylic acids is 2. The fraction of sp³-hybridized carbons (Fsp3) is 0.533. The van der Waals surface area contributed by atoms with Gasteiger partial charge in [0.2, 0.25) is 12.2 Å². The number of ether oxygens (including phenoxy) is 3. The van der Waals surface area contributed by atoms with E-state index in [1.165, 1.54) is 0 Å². The molecule has 0 N–H and O–H groups in total. The summed E-state index contributed by atoms with van der Waals surface area (Å²) in [6, 6.07) is 10.4. The second kappa shape index (κ2) is 11.7. The highest BCUT2D eigenvalue weighted by Crippen LogP contribution is 2.37. The molecule has 39 heavy (non-hydrogen) atoms. The van der Waals surface area contributed by atoms with Crippen LogP contribution in [-0.2, 0) is 20.9 Å². The minimum Gasteiger partial charge on any atom is -0.464 e. The van der Waals surface area contributed by atoms with E-state index in [1.54, 1.807) is 22.3 Å². The number of carbonyl (C=O) groups is 2. The molecule has 0 bridgehead atoms. The van der Waals surface area contributed by atoms with Crippen LogP contribution in [-0.4, -0.2) is 84.9 Å². The van der Waals surface area contributed by atoms with E-state index in [-0.39, 0.29) is 24.2 Å². The van der Waals surface area contributed by atoms with Gasteiger partial charge in [-0.05, 0) is 82.6 Å². The summed E-state index contributed by atoms with van der Waals surface area (Å²) < 4.78 is 17.9. The maximum atomic E-state index is 12.5. The number of likely N-dealkylation sites (N-methyl/N-ethyl adjacent to an activating group) is 1. The van der Waals surface area contributed by atoms with Crippen molar-refractivity contribution in [2.24, 2.45) is 5.92 Å². The zero-order valence-corrected chi connectivity index (χ0v) is 24.2. The van der Waals surface area contributed by atoms with Gasteiger partial charge in [0.05, 0.1) is 6.61 Å². The molecule has 1 unspecified atom stereocenters. The molecule has 9 heteroatoms. The Balaban J connectivity index is 1.15. The lowest BCUT2D eigenvalue weighted by Gasteiger charge is -2.38. The number of likely N-dealkylation sites (tertiary alicyclic amines) is 1. The Kier molecular flexibility index (Phi) is 8.30. The summed E-state index contributed by atoms with van der Waals surface area (Å²) in [6.07, 6.45) is 4.69. The van der Waals surface area contributed by atoms with Crippen molar-refractivity contribution in [1.82, 2.24) is 14.7 Å². The molecule has 5 rings (SSSR count). The zero-order chi connectivity index (χ0) is 27.6. The van der Waals surface area contributed by atoms with E-state index in [0.717, 1.165) is 65.7 Å². The van der Waals surface area contributed by atoms with Crippen LogP contribution in [0, 0.1) is 5.92 Å². The molecule has 1 aromatic carbocycles. The standard InChI is InChI=1S/C30H39N3O5S/c1-30(2,3)38-29(35)33-13-11-21(12-14-33)28-36-20-23-19-22(5-8-25(23)37-28)26-9-6-24(39-26)7-10-27(34)32-17-15-31(4)16-18-32/h5-10,19,21,28H,11-18,20H2,1-4H3/b10-7+. The van der Waals surface area contributed by atoms with Gasteiger partial charge in [-0.25, -0.2) is 4.79 Å². The van der Waals surface area contributed by atoms with Gasteiger partial charge in [-0.1, -0.05) is 0 Å². The van der Waals surface area contributed by atoms with E-state index in [1.807, 2.05) is 37.8 Å². The van der Waals surface area contributed by atoms with Crippen molar-refractivity contribution in [2.45, 2.75) is 52.1 Å². The second-order valence-electron chi connectivity index (χ2n) is 11.6. The first-order valence-electron chi connectivity index (χ1n) is 13.8. The van der Waals surface area contributed by atoms with Gasteiger partial charge in [-0.3, -0.25) is 4.79 Å². The lowest BCUT2D eigenvalue weighted by atomic mass is 9.95. The summed E-state index contributed by atoms with van der Waals surface area (Å²) in [5, 5.41) is 0. The van der Waals surface area contributed by atoms with Crippen LogP contribution in [0.1, 0.15) is 44.1 Å². The van der Waals surface area contributed by atoms with Crippen molar-refractivity contribution in [3.8, 4) is 16.2 Å². The molecule has 2 aromatic rings. The minimum atomic E-state index is -0.489. The number of hydrogen-bond acceptors (Lipinski definition) is 7. The SMILES string of the molecule is CN1CCN(C(=O)/C=C/c2ccc(-c3ccc4c(c3)COC(C3CCN(C(=O)OC(C)(C)C)CC3)O4)s2)CC1. The highest BCUT2D eigenvalue weighted by Gasteiger charge is 2.34. The number of fused-ring (bicyclic) bond motifs is 1. The van der Waals surface area contributed by atoms with Crippen molar-refractivity contribution in [2.75, 3.05) is 46.3 Å². The topological polar surface area (TPSA) is 71.6 Å². The number of amides is 2. The molecule has 0 radical (unpaired) electrons. The zero-order valence-electron chi connectivity index (χ0n) is 23.4. The number of hydrogen-bond donors (Lipinski definition) is 0. The fourth-order valence-electron chi connectivity index (χ4n) is 5.09. The Morgan fingerprint density at radius 1 is 1.00 bits per heavy atom. The van der Waals surface area contributed by atoms with Gasteiger partial charge >= 0.3 is 6.09 Å². The molecule has 0 aliphatic carbocycles. The van der Waals surface area contributed by atoms with Crippen molar-refractivity contribution >= 4 is 29.4 Å². The Labute approximate surface area is 235 Å². The molecule has 2 fully saturated rings. The Morgan fingerprint density at radius 3 is 2.46 bits per heavy atom. The van der Waals surface area contributed by atoms with Crippen LogP contribution < -0.4 is 4.74 Å². The van der Waals surface area contributed by atoms with E-state index < -0.39 is 5.60 Å². The normalized spacial score (nSPS) is 21.1. The lowest BCUT2D eigenvalue weighted by Crippen LogP contribution is -2.46. The van der Waals surface area contributed by atoms with Crippen molar-refractivity contribution in [1.29, 1.82) is 0 Å². The summed E-state index contributed by atoms with van der Waals surface area (Å²) in [6.45, 7) is 10.8. The highest BCUT2D eigenvalue weighted by molar-refractivity contribution is 7.16. The van der Waals surface area contributed by atoms with Gasteiger partial charge in [0.25, 0.3) is 0 Å². The van der Waals surface area contributed by atoms with Crippen LogP contribution >= 0.6 is 11.3 Å². The maximum absolute atomic E-state index is 12.5. The van der Waals surface area contributed by atoms with Gasteiger partial charge in [0, 0.05) is 66.6 Å². The van der Waals surface area contributed by atoms with Crippen LogP contribution in [0.25, 0.3) is 16.5 Å². The largest absolute Gasteiger partial charge is 0.464 e. The molecule has 1 atom stereocenters. The smallest absolute Gasteiger partial charge is 0.410 e. The van der Waals surface area contributed by atoms with E-state index in [2.05, 4.69) is 36.2 Å². The van der Waals surface area contributed by atoms with E-state index in [9.17, 15) is 9.59 Å². The summed E-state index contributed by atoms with van der Waals surface area (Å²) in [5.74, 6) is 1.17. The Bertz CT molecular complexity index is 1200. The molecule has 8 nitrogen and oxygen atoms in total. The van der Waals surface area contributed by atoms with Crippen molar-refractivity contribution < 1.29 is 23.8 Å². The summed E-state index contributed by atoms with van der Waals surface area (Å²) in [7, 11) is 2.08. The number of thiophene rings is 1. The van der Waals surface area contributed by atoms with Gasteiger partial charge in [-0.15, -0.1) is 11.3 Å². The molecule has 0 spiro atoms. The first-order chi connectivity index (χ1) is 18.6. The molecule has 4 heterocycles. The van der Waals surface area contributed by atoms with Crippen LogP contribution in [0.2, 0.25) is 0 Å². The molecular formula is C30H39N3O5S. The number of piperidine rings is 1. The average Bonchev–Trinajstić information content (AvgIpc) is 3.40. The van der Waals surface area contributed by atoms with E-state index in [4.69, 9.17) is 14.2 Å². The minimum absolute atomic E-state index is 0.0752. The van der Waals surface area contributed by atoms with Gasteiger partial charge < -0.3 is 28.9 Å². The molecule has 2 amide bonds. The maximum Gasteiger partial charge on any atom is 0.410 e. The number of piperazine rings is 1. The molecule has 1 aromatic heterocycles. The van der Waals surface area contributed by atoms with Crippen LogP contribution in [0.4, 0.5) is 4.79 Å². The molecule has 3 aliphatic heterocycles. The lowest BCUT2D eigenvalue weighted by molar-refractivity contribution is -0.149. The summed E-state index contributed by atoms with van der Waals surface area (Å²) in [5.41, 5.74) is 1.66. The molecule has 0 saturated carbocycles. The summed E-state index contributed by atoms with van der Waals surface area (Å²) >= 11 is 1.66. The third-order valence-electron chi connectivity index (χ3n) is 7.40. The second-order valence-corrected chi connectivity index (χ2v) is 12.7. The van der Waals surface area contributed by atoms with Gasteiger partial charge in [0.15, 0.2) is 0 Å². The number of rotatable bonds is 4. The third-order valence-corrected chi connectivity index (χ3v) is 8.50. The molecule has 2 saturated heterocycles. The quantitative estimate of drug-likeness (QED) is 0.492. The first-order valence-corrected chi connectivity index (χ1v) is 14.6. The van der Waals surface area contributed by atoms with E-state index in [0.29, 0.717) is 19.7 Å². The van der Waals surface area contributed by atoms with Gasteiger partial charge in [0.1, 0.15) is 11.4 Å². The molecule has 3 aliphatic rings. The monoisotopic (exact) mass is 553 g/mol. The van der Waals surface area contributed by atoms with Crippen LogP contribution in [0.3, 0.4) is 0 Å². The van der Waals surface area contributed by atoms with Gasteiger partial charge in [-0.2, -0.15) is 0 Å². The number of benzene rings is 1. The predicted octanol–water partition coefficient (Wildman–Crippen LogP) is 5.08. The van der Waals surface area contributed by atoms with Crippen LogP contribution in [0.5, 0.6) is 5.75 Å². The average molecular weight is 554 g/mol. The summed E-state index contributed by atoms with van der Waals surface area (Å²) in [4.78, 5) is 33.0. The predicted molar refractivity (Wildman–Crippen MR) is 153 cm³/mol. The van der Waals surface area contributed by atoms with Crippen molar-refractivity contribution in [3.63, 3.8) is 0 Å². The Morgan fingerprint density at radius 2 is 1.74 bits per heavy atom. The molecule has 210 valence electrons. The van der Waals surface area contributed by atoms with Crippen molar-refractivity contribution in [3.05, 3.63) is 46.8 Å². The Hall–Kier alpha value is -2.88. The number of nitrogens with zero attached hydrogens (tertiary/aromatic N) is 3. The highest BCUT2D eigenvalue weighted by atomic mass is 32.1. The first kappa shape index (κ1) is 27.7. The third kappa shape index (κ3) is 7.01. The van der Waals surface area contributed by atoms with E-state index >= 15 is 0 Å². The molecular weight excluding hydrogens is 514 g/mol. The van der Waals surface area contributed by atoms with Crippen LogP contribution in [0.15, 0.2) is 36.4 Å².